The van der Waals surface area contributed by atoms with Crippen LogP contribution in [0.1, 0.15) is 38.5 Å². The Morgan fingerprint density at radius 2 is 1.79 bits per heavy atom. The lowest BCUT2D eigenvalue weighted by Crippen LogP contribution is -2.41. The molecule has 2 aromatic rings. The highest BCUT2D eigenvalue weighted by Crippen LogP contribution is 2.22. The first-order chi connectivity index (χ1) is 14.2. The number of aromatic nitrogens is 3. The summed E-state index contributed by atoms with van der Waals surface area (Å²) in [6, 6.07) is 8.07. The predicted molar refractivity (Wildman–Crippen MR) is 116 cm³/mol. The molecule has 2 saturated heterocycles. The molecule has 0 N–H and O–H groups in total. The van der Waals surface area contributed by atoms with Crippen LogP contribution < -0.4 is 5.56 Å². The molecular weight excluding hydrogens is 362 g/mol. The second-order valence-electron chi connectivity index (χ2n) is 8.68. The molecule has 0 aliphatic carbocycles. The van der Waals surface area contributed by atoms with Gasteiger partial charge in [-0.1, -0.05) is 6.42 Å². The van der Waals surface area contributed by atoms with Gasteiger partial charge in [-0.2, -0.15) is 5.10 Å². The molecule has 0 bridgehead atoms. The van der Waals surface area contributed by atoms with Crippen molar-refractivity contribution in [3.8, 4) is 11.3 Å². The van der Waals surface area contributed by atoms with E-state index >= 15 is 0 Å². The number of pyridine rings is 1. The second-order valence-corrected chi connectivity index (χ2v) is 8.68. The van der Waals surface area contributed by atoms with E-state index in [1.807, 2.05) is 12.1 Å². The zero-order chi connectivity index (χ0) is 20.1. The molecule has 2 aromatic heterocycles. The average Bonchev–Trinajstić information content (AvgIpc) is 2.76. The molecule has 156 valence electrons. The van der Waals surface area contributed by atoms with Crippen molar-refractivity contribution in [2.75, 3.05) is 33.2 Å². The maximum absolute atomic E-state index is 12.3. The van der Waals surface area contributed by atoms with Crippen LogP contribution in [0.25, 0.3) is 11.3 Å². The molecule has 0 amide bonds. The van der Waals surface area contributed by atoms with Crippen LogP contribution >= 0.6 is 0 Å². The number of rotatable bonds is 6. The van der Waals surface area contributed by atoms with Gasteiger partial charge in [0.1, 0.15) is 0 Å². The van der Waals surface area contributed by atoms with Gasteiger partial charge in [0, 0.05) is 36.6 Å². The molecule has 0 radical (unpaired) electrons. The van der Waals surface area contributed by atoms with E-state index < -0.39 is 0 Å². The molecule has 2 aliphatic heterocycles. The summed E-state index contributed by atoms with van der Waals surface area (Å²) in [6.45, 7) is 5.46. The van der Waals surface area contributed by atoms with Crippen LogP contribution in [0.2, 0.25) is 0 Å². The smallest absolute Gasteiger partial charge is 0.266 e. The summed E-state index contributed by atoms with van der Waals surface area (Å²) >= 11 is 0. The SMILES string of the molecule is CN1CCCCC1CCN1CCC(Cn2nc(-c3ccncc3)ccc2=O)CC1. The molecule has 0 spiro atoms. The van der Waals surface area contributed by atoms with Crippen LogP contribution in [-0.4, -0.2) is 63.8 Å². The Hall–Kier alpha value is -2.05. The van der Waals surface area contributed by atoms with E-state index in [2.05, 4.69) is 26.9 Å². The maximum Gasteiger partial charge on any atom is 0.266 e. The van der Waals surface area contributed by atoms with E-state index in [0.717, 1.165) is 49.8 Å². The molecule has 4 heterocycles. The topological polar surface area (TPSA) is 54.3 Å². The Labute approximate surface area is 173 Å². The first-order valence-corrected chi connectivity index (χ1v) is 11.1. The highest BCUT2D eigenvalue weighted by atomic mass is 16.1. The minimum absolute atomic E-state index is 0.00873. The number of nitrogens with zero attached hydrogens (tertiary/aromatic N) is 5. The maximum atomic E-state index is 12.3. The van der Waals surface area contributed by atoms with Gasteiger partial charge < -0.3 is 9.80 Å². The third-order valence-corrected chi connectivity index (χ3v) is 6.68. The molecule has 29 heavy (non-hydrogen) atoms. The number of piperidine rings is 2. The minimum Gasteiger partial charge on any atom is -0.303 e. The fraction of sp³-hybridized carbons (Fsp3) is 0.609. The van der Waals surface area contributed by atoms with Crippen molar-refractivity contribution in [2.45, 2.75) is 51.1 Å². The minimum atomic E-state index is -0.00873. The fourth-order valence-corrected chi connectivity index (χ4v) is 4.73. The van der Waals surface area contributed by atoms with E-state index in [-0.39, 0.29) is 5.56 Å². The largest absolute Gasteiger partial charge is 0.303 e. The average molecular weight is 396 g/mol. The Balaban J connectivity index is 1.29. The Bertz CT molecular complexity index is 829. The van der Waals surface area contributed by atoms with Gasteiger partial charge >= 0.3 is 0 Å². The van der Waals surface area contributed by atoms with Gasteiger partial charge in [0.15, 0.2) is 0 Å². The third-order valence-electron chi connectivity index (χ3n) is 6.68. The van der Waals surface area contributed by atoms with E-state index in [1.165, 1.54) is 38.8 Å². The van der Waals surface area contributed by atoms with Crippen LogP contribution in [0.4, 0.5) is 0 Å². The summed E-state index contributed by atoms with van der Waals surface area (Å²) in [4.78, 5) is 21.5. The van der Waals surface area contributed by atoms with Crippen LogP contribution in [0.15, 0.2) is 41.5 Å². The second kappa shape index (κ2) is 9.63. The quantitative estimate of drug-likeness (QED) is 0.753. The van der Waals surface area contributed by atoms with Crippen molar-refractivity contribution in [3.63, 3.8) is 0 Å². The normalized spacial score (nSPS) is 22.0. The van der Waals surface area contributed by atoms with Crippen molar-refractivity contribution >= 4 is 0 Å². The Kier molecular flexibility index (Phi) is 6.72. The van der Waals surface area contributed by atoms with Gasteiger partial charge in [-0.15, -0.1) is 0 Å². The number of likely N-dealkylation sites (tertiary alicyclic amines) is 2. The van der Waals surface area contributed by atoms with E-state index in [0.29, 0.717) is 5.92 Å². The molecule has 1 unspecified atom stereocenters. The van der Waals surface area contributed by atoms with Gasteiger partial charge in [-0.05, 0) is 89.4 Å². The van der Waals surface area contributed by atoms with E-state index in [1.54, 1.807) is 29.2 Å². The lowest BCUT2D eigenvalue weighted by molar-refractivity contribution is 0.129. The van der Waals surface area contributed by atoms with E-state index in [4.69, 9.17) is 0 Å². The molecule has 1 atom stereocenters. The van der Waals surface area contributed by atoms with Crippen LogP contribution in [0, 0.1) is 5.92 Å². The highest BCUT2D eigenvalue weighted by molar-refractivity contribution is 5.56. The van der Waals surface area contributed by atoms with Crippen molar-refractivity contribution in [1.29, 1.82) is 0 Å². The lowest BCUT2D eigenvalue weighted by Gasteiger charge is -2.36. The number of hydrogen-bond acceptors (Lipinski definition) is 5. The Morgan fingerprint density at radius 3 is 2.55 bits per heavy atom. The van der Waals surface area contributed by atoms with Crippen molar-refractivity contribution in [2.24, 2.45) is 5.92 Å². The van der Waals surface area contributed by atoms with Gasteiger partial charge in [0.2, 0.25) is 0 Å². The summed E-state index contributed by atoms with van der Waals surface area (Å²) in [7, 11) is 2.28. The summed E-state index contributed by atoms with van der Waals surface area (Å²) in [6.07, 6.45) is 11.2. The van der Waals surface area contributed by atoms with Crippen LogP contribution in [0.5, 0.6) is 0 Å². The third kappa shape index (κ3) is 5.31. The first kappa shape index (κ1) is 20.2. The molecule has 6 nitrogen and oxygen atoms in total. The zero-order valence-corrected chi connectivity index (χ0v) is 17.5. The first-order valence-electron chi connectivity index (χ1n) is 11.1. The van der Waals surface area contributed by atoms with Crippen LogP contribution in [0.3, 0.4) is 0 Å². The number of hydrogen-bond donors (Lipinski definition) is 0. The monoisotopic (exact) mass is 395 g/mol. The molecule has 0 aromatic carbocycles. The zero-order valence-electron chi connectivity index (χ0n) is 17.5. The summed E-state index contributed by atoms with van der Waals surface area (Å²) < 4.78 is 1.66. The fourth-order valence-electron chi connectivity index (χ4n) is 4.73. The predicted octanol–water partition coefficient (Wildman–Crippen LogP) is 2.89. The van der Waals surface area contributed by atoms with Gasteiger partial charge in [0.05, 0.1) is 5.69 Å². The molecule has 0 saturated carbocycles. The van der Waals surface area contributed by atoms with Crippen molar-refractivity contribution < 1.29 is 0 Å². The Morgan fingerprint density at radius 1 is 1.00 bits per heavy atom. The molecule has 6 heteroatoms. The lowest BCUT2D eigenvalue weighted by atomic mass is 9.95. The molecular formula is C23H33N5O. The van der Waals surface area contributed by atoms with Gasteiger partial charge in [-0.25, -0.2) is 4.68 Å². The van der Waals surface area contributed by atoms with Crippen LogP contribution in [-0.2, 0) is 6.54 Å². The summed E-state index contributed by atoms with van der Waals surface area (Å²) in [5.41, 5.74) is 1.82. The molecule has 2 aliphatic rings. The summed E-state index contributed by atoms with van der Waals surface area (Å²) in [5, 5.41) is 4.62. The van der Waals surface area contributed by atoms with Gasteiger partial charge in [0.25, 0.3) is 5.56 Å². The van der Waals surface area contributed by atoms with Crippen molar-refractivity contribution in [1.82, 2.24) is 24.6 Å². The van der Waals surface area contributed by atoms with Gasteiger partial charge in [-0.3, -0.25) is 9.78 Å². The standard InChI is InChI=1S/C23H33N5O/c1-26-14-3-2-4-21(26)11-17-27-15-9-19(10-16-27)18-28-23(29)6-5-22(25-28)20-7-12-24-13-8-20/h5-8,12-13,19,21H,2-4,9-11,14-18H2,1H3. The summed E-state index contributed by atoms with van der Waals surface area (Å²) in [5.74, 6) is 0.529. The molecule has 4 rings (SSSR count). The molecule has 2 fully saturated rings. The highest BCUT2D eigenvalue weighted by Gasteiger charge is 2.23. The van der Waals surface area contributed by atoms with E-state index in [9.17, 15) is 4.79 Å². The van der Waals surface area contributed by atoms with Crippen molar-refractivity contribution in [3.05, 3.63) is 47.0 Å².